The van der Waals surface area contributed by atoms with Crippen molar-refractivity contribution in [1.82, 2.24) is 116 Å². The summed E-state index contributed by atoms with van der Waals surface area (Å²) in [4.78, 5) is 321. The Balaban J connectivity index is 1.43. The molecule has 50 heteroatoms. The summed E-state index contributed by atoms with van der Waals surface area (Å²) in [5.41, 5.74) is 10.7. The lowest BCUT2D eigenvalue weighted by Crippen LogP contribution is -2.62. The topological polar surface area (TPSA) is 723 Å². The number of carbonyl (C=O) groups is 23. The minimum Gasteiger partial charge on any atom is -0.394 e. The second kappa shape index (κ2) is 61.6. The maximum Gasteiger partial charge on any atom is 0.270 e. The van der Waals surface area contributed by atoms with Crippen LogP contribution in [0.5, 0.6) is 0 Å². The molecule has 1 aromatic carbocycles. The molecule has 4 rings (SSSR count). The molecule has 0 aromatic heterocycles. The zero-order valence-corrected chi connectivity index (χ0v) is 88.1. The van der Waals surface area contributed by atoms with Gasteiger partial charge in [-0.1, -0.05) is 131 Å². The third-order valence-corrected chi connectivity index (χ3v) is 25.8. The lowest BCUT2D eigenvalue weighted by atomic mass is 9.95. The molecule has 2 saturated heterocycles. The van der Waals surface area contributed by atoms with Gasteiger partial charge < -0.3 is 132 Å². The van der Waals surface area contributed by atoms with E-state index in [1.807, 2.05) is 13.8 Å². The number of aliphatic hydroxyl groups is 2. The van der Waals surface area contributed by atoms with Crippen molar-refractivity contribution in [3.63, 3.8) is 0 Å². The molecule has 0 saturated carbocycles. The Morgan fingerprint density at radius 1 is 0.497 bits per heavy atom. The van der Waals surface area contributed by atoms with Gasteiger partial charge in [-0.05, 0) is 155 Å². The molecule has 3 aliphatic heterocycles. The number of carbonyl (C=O) groups excluding carboxylic acids is 23. The van der Waals surface area contributed by atoms with E-state index >= 15 is 0 Å². The van der Waals surface area contributed by atoms with Gasteiger partial charge >= 0.3 is 0 Å². The highest BCUT2D eigenvalue weighted by Gasteiger charge is 2.44. The first-order valence-electron chi connectivity index (χ1n) is 49.3. The molecule has 2 fully saturated rings. The normalized spacial score (nSPS) is 19.6. The molecule has 3 aliphatic rings. The first-order chi connectivity index (χ1) is 69.1. The monoisotopic (exact) mass is 2090 g/mol. The van der Waals surface area contributed by atoms with Crippen LogP contribution in [-0.2, 0) is 117 Å². The van der Waals surface area contributed by atoms with Crippen LogP contribution in [0, 0.1) is 29.6 Å². The van der Waals surface area contributed by atoms with E-state index in [9.17, 15) is 120 Å². The third-order valence-electron chi connectivity index (χ3n) is 24.9. The quantitative estimate of drug-likeness (QED) is 0.0271. The number of aliphatic hydroxyl groups excluding tert-OH is 2. The number of rotatable bonds is 53. The minimum atomic E-state index is -1.82. The molecule has 1 aromatic rings. The van der Waals surface area contributed by atoms with E-state index in [1.165, 1.54) is 77.1 Å². The van der Waals surface area contributed by atoms with Gasteiger partial charge in [0.15, 0.2) is 0 Å². The Morgan fingerprint density at radius 3 is 1.47 bits per heavy atom. The lowest BCUT2D eigenvalue weighted by Gasteiger charge is -2.30. The molecule has 0 aliphatic carbocycles. The number of likely N-dealkylation sites (N-methyl/N-ethyl adjacent to an activating group) is 1. The highest BCUT2D eigenvalue weighted by atomic mass is 32.2. The fourth-order valence-corrected chi connectivity index (χ4v) is 16.1. The summed E-state index contributed by atoms with van der Waals surface area (Å²) >= 11 is 1.06. The lowest BCUT2D eigenvalue weighted by molar-refractivity contribution is -0.139. The van der Waals surface area contributed by atoms with Crippen molar-refractivity contribution in [1.29, 1.82) is 0 Å². The first-order valence-corrected chi connectivity index (χ1v) is 50.3. The highest BCUT2D eigenvalue weighted by Crippen LogP contribution is 2.24. The van der Waals surface area contributed by atoms with E-state index < -0.39 is 307 Å². The Bertz CT molecular complexity index is 4990. The van der Waals surface area contributed by atoms with Crippen LogP contribution in [0.4, 0.5) is 0 Å². The van der Waals surface area contributed by atoms with Gasteiger partial charge in [0, 0.05) is 44.3 Å². The molecule has 0 radical (unpaired) electrons. The molecular weight excluding hydrogens is 1930 g/mol. The number of hydrogen-bond acceptors (Lipinski definition) is 27. The van der Waals surface area contributed by atoms with Crippen LogP contribution in [0.25, 0.3) is 0 Å². The summed E-state index contributed by atoms with van der Waals surface area (Å²) in [7, 11) is 3.39. The molecular formula is C97H152N24O25S. The summed E-state index contributed by atoms with van der Waals surface area (Å²) in [6.45, 7) is 25.9. The molecule has 23 amide bonds. The van der Waals surface area contributed by atoms with Crippen molar-refractivity contribution >= 4 is 148 Å². The predicted molar refractivity (Wildman–Crippen MR) is 539 cm³/mol. The van der Waals surface area contributed by atoms with Crippen LogP contribution in [0.1, 0.15) is 201 Å². The summed E-state index contributed by atoms with van der Waals surface area (Å²) in [5.74, 6) is -23.1. The average molecular weight is 2090 g/mol. The number of amides is 23. The van der Waals surface area contributed by atoms with Gasteiger partial charge in [-0.2, -0.15) is 0 Å². The van der Waals surface area contributed by atoms with Crippen LogP contribution < -0.4 is 112 Å². The predicted octanol–water partition coefficient (Wildman–Crippen LogP) is -5.13. The van der Waals surface area contributed by atoms with E-state index in [0.717, 1.165) is 29.7 Å². The Morgan fingerprint density at radius 2 is 0.966 bits per heavy atom. The molecule has 0 bridgehead atoms. The Kier molecular flexibility index (Phi) is 52.6. The van der Waals surface area contributed by atoms with E-state index in [4.69, 9.17) is 11.5 Å². The molecule has 20 atom stereocenters. The Hall–Kier alpha value is -13.8. The molecule has 0 spiro atoms. The van der Waals surface area contributed by atoms with Gasteiger partial charge in [-0.3, -0.25) is 115 Å². The van der Waals surface area contributed by atoms with E-state index in [1.54, 1.807) is 105 Å². The number of benzene rings is 1. The van der Waals surface area contributed by atoms with Crippen LogP contribution in [-0.4, -0.2) is 316 Å². The highest BCUT2D eigenvalue weighted by molar-refractivity contribution is 8.02. The van der Waals surface area contributed by atoms with Crippen molar-refractivity contribution in [2.24, 2.45) is 41.1 Å². The Labute approximate surface area is 860 Å². The van der Waals surface area contributed by atoms with Crippen molar-refractivity contribution in [2.45, 2.75) is 310 Å². The second-order valence-corrected chi connectivity index (χ2v) is 38.9. The number of nitrogens with one attached hydrogen (secondary N) is 19. The number of primary amides is 2. The third kappa shape index (κ3) is 39.8. The standard InChI is InChI=1S/C97H152N24O25S/c1-21-51(12)75(94(143)113-67-47-147-42-39-100-91(140)73(49(8)9)114-85(134)64(43-48(6)7)111-88(67)137)116-83(132)59(23-3)106-87(136)66(46-122)105-72(126)45-101-82(131)62(35-37-70(98)124)110-93(142)76(52(13)22-2)117-92(141)74(50(10)11)115-86(135)65(44-58-31-27-26-28-32-58)112-84(133)63(36-38-71(99)125)109-80(129)54(15)102-78(127)53(14)104-95(144)77(57(18)123)118-90(139)69-34-30-41-121(69)96(145)60(24-4)107-79(128)55(16)103-89(138)68-33-29-40-120(68)97(146)61(25-5)108-81(130)56(17)119(19)20/h23-28,31-32,39,42,48-57,62-69,73-77,122-123H,21-22,29-30,33-38,40-41,43-47H2,1-20H3,(H2,98,124)(H2,99,125)(H,100,140)(H,101,131)(H,102,127)(H,103,138)(H,104,144)(H,105,126)(H,106,136)(H,107,128)(H,108,130)(H,109,129)(H,110,142)(H,111,137)(H,112,133)(H,113,143)(H,114,134)(H,115,135)(H,116,132)(H,117,141)(H,118,139)/b42-39+,59-23-,60-24-,61-25-/t51-,52-,53-,54-,55-,56+,57-,62-,63-,64+,65+,66+,67+,68-,69-,73+,74+,75-,76-,77+/m1/s1. The number of likely N-dealkylation sites (tertiary alicyclic amines) is 2. The van der Waals surface area contributed by atoms with Gasteiger partial charge in [-0.15, -0.1) is 11.8 Å². The van der Waals surface area contributed by atoms with Crippen LogP contribution >= 0.6 is 11.8 Å². The van der Waals surface area contributed by atoms with Crippen molar-refractivity contribution in [3.05, 3.63) is 82.8 Å². The largest absolute Gasteiger partial charge is 0.394 e. The average Bonchev–Trinajstić information content (AvgIpc) is 1.44. The van der Waals surface area contributed by atoms with E-state index in [0.29, 0.717) is 18.4 Å². The fourth-order valence-electron chi connectivity index (χ4n) is 15.4. The molecule has 3 heterocycles. The molecule has 816 valence electrons. The maximum atomic E-state index is 14.8. The molecule has 25 N–H and O–H groups in total. The van der Waals surface area contributed by atoms with Crippen LogP contribution in [0.15, 0.2) is 77.3 Å². The van der Waals surface area contributed by atoms with Crippen LogP contribution in [0.3, 0.4) is 0 Å². The van der Waals surface area contributed by atoms with Crippen molar-refractivity contribution in [2.75, 3.05) is 46.1 Å². The van der Waals surface area contributed by atoms with E-state index in [2.05, 4.69) is 101 Å². The molecule has 147 heavy (non-hydrogen) atoms. The van der Waals surface area contributed by atoms with Gasteiger partial charge in [0.05, 0.1) is 25.3 Å². The van der Waals surface area contributed by atoms with Crippen molar-refractivity contribution in [3.8, 4) is 0 Å². The first kappa shape index (κ1) is 126. The molecule has 49 nitrogen and oxygen atoms in total. The minimum absolute atomic E-state index is 0.00534. The van der Waals surface area contributed by atoms with Gasteiger partial charge in [0.1, 0.15) is 114 Å². The van der Waals surface area contributed by atoms with Crippen LogP contribution in [0.2, 0.25) is 0 Å². The summed E-state index contributed by atoms with van der Waals surface area (Å²) < 4.78 is 0. The zero-order valence-electron chi connectivity index (χ0n) is 87.3. The number of hydrogen-bond donors (Lipinski definition) is 23. The van der Waals surface area contributed by atoms with E-state index in [-0.39, 0.29) is 80.6 Å². The second-order valence-electron chi connectivity index (χ2n) is 37.9. The summed E-state index contributed by atoms with van der Waals surface area (Å²) in [6, 6.07) is -15.4. The number of thioether (sulfide) groups is 1. The number of nitrogens with two attached hydrogens (primary N) is 2. The summed E-state index contributed by atoms with van der Waals surface area (Å²) in [6.07, 6.45) is 2.93. The fraction of sp³-hybridized carbons (Fsp3) is 0.619. The van der Waals surface area contributed by atoms with Crippen molar-refractivity contribution < 1.29 is 120 Å². The van der Waals surface area contributed by atoms with Gasteiger partial charge in [0.25, 0.3) is 17.7 Å². The maximum absolute atomic E-state index is 14.8. The van der Waals surface area contributed by atoms with Gasteiger partial charge in [-0.25, -0.2) is 0 Å². The zero-order chi connectivity index (χ0) is 111. The smallest absolute Gasteiger partial charge is 0.270 e. The number of allylic oxidation sites excluding steroid dienone is 3. The molecule has 0 unspecified atom stereocenters. The SMILES string of the molecule is C/C=C(\NC(=O)[C@H](CO)NC(=O)CNC(=O)[C@@H](CCC(N)=O)NC(=O)[C@H](NC(=O)[C@@H](NC(=O)[C@H](Cc1ccccc1)NC(=O)[C@@H](CCC(N)=O)NC(=O)[C@@H](C)NC(=O)[C@@H](C)NC(=O)[C@@H](NC(=O)[C@H]1CCCN1C(=O)/C(=C/C)NC(=O)[C@@H](C)NC(=O)[C@H]1CCCN1C(=O)/C(=C/C)NC(=O)[C@H](C)N(C)C)[C@@H](C)O)C(C)C)[C@H](C)CC)C(=O)N[C@@H](C(=O)N[C@H]1CS/C=C/NC(=O)[C@H](C(C)C)NC(=O)[C@H](CC(C)C)NC1=O)[C@H](C)CC. The summed E-state index contributed by atoms with van der Waals surface area (Å²) in [5, 5.41) is 70.6. The number of nitrogens with zero attached hydrogens (tertiary/aromatic N) is 3. The van der Waals surface area contributed by atoms with Gasteiger partial charge in [0.2, 0.25) is 118 Å².